The molecular weight excluding hydrogens is 438 g/mol. The molecular formula is C30H35NO4. The summed E-state index contributed by atoms with van der Waals surface area (Å²) >= 11 is 0. The smallest absolute Gasteiger partial charge is 0.310 e. The largest absolute Gasteiger partial charge is 0.489 e. The molecule has 35 heavy (non-hydrogen) atoms. The van der Waals surface area contributed by atoms with Crippen LogP contribution in [-0.2, 0) is 35.6 Å². The van der Waals surface area contributed by atoms with E-state index in [2.05, 4.69) is 35.6 Å². The third-order valence-electron chi connectivity index (χ3n) is 5.39. The van der Waals surface area contributed by atoms with Crippen LogP contribution < -0.4 is 10.1 Å². The maximum atomic E-state index is 11.9. The maximum Gasteiger partial charge on any atom is 0.310 e. The minimum Gasteiger partial charge on any atom is -0.489 e. The molecule has 0 amide bonds. The highest BCUT2D eigenvalue weighted by Gasteiger charge is 2.12. The van der Waals surface area contributed by atoms with E-state index in [0.29, 0.717) is 25.5 Å². The fourth-order valence-electron chi connectivity index (χ4n) is 3.87. The number of fused-ring (bicyclic) bond motifs is 1. The molecule has 4 rings (SSSR count). The van der Waals surface area contributed by atoms with Crippen molar-refractivity contribution in [3.63, 3.8) is 0 Å². The molecule has 1 N–H and O–H groups in total. The summed E-state index contributed by atoms with van der Waals surface area (Å²) < 4.78 is 17.2. The number of benzene rings is 3. The van der Waals surface area contributed by atoms with E-state index in [0.717, 1.165) is 40.0 Å². The molecule has 0 saturated carbocycles. The highest BCUT2D eigenvalue weighted by Crippen LogP contribution is 2.26. The van der Waals surface area contributed by atoms with Crippen molar-refractivity contribution in [2.24, 2.45) is 0 Å². The lowest BCUT2D eigenvalue weighted by Crippen LogP contribution is -2.11. The van der Waals surface area contributed by atoms with Gasteiger partial charge in [0.1, 0.15) is 23.7 Å². The van der Waals surface area contributed by atoms with Gasteiger partial charge in [-0.25, -0.2) is 0 Å². The summed E-state index contributed by atoms with van der Waals surface area (Å²) in [5, 5.41) is 4.49. The Morgan fingerprint density at radius 2 is 1.66 bits per heavy atom. The van der Waals surface area contributed by atoms with Gasteiger partial charge in [0.2, 0.25) is 0 Å². The summed E-state index contributed by atoms with van der Waals surface area (Å²) in [6.45, 7) is 10.1. The zero-order chi connectivity index (χ0) is 25.0. The number of rotatable bonds is 10. The van der Waals surface area contributed by atoms with Crippen LogP contribution in [0.15, 0.2) is 77.2 Å². The van der Waals surface area contributed by atoms with Crippen molar-refractivity contribution >= 4 is 16.9 Å². The van der Waals surface area contributed by atoms with Crippen LogP contribution in [0.2, 0.25) is 0 Å². The Labute approximate surface area is 208 Å². The summed E-state index contributed by atoms with van der Waals surface area (Å²) in [7, 11) is 0. The number of esters is 1. The SMILES string of the molecule is CC.CCOC(=O)Cc1ccccc1OCc1cc(C)c2oc(CNCc3ccccc3)cc2c1. The molecule has 3 aromatic carbocycles. The van der Waals surface area contributed by atoms with Crippen LogP contribution in [0.4, 0.5) is 0 Å². The van der Waals surface area contributed by atoms with Crippen molar-refractivity contribution in [2.45, 2.75) is 53.8 Å². The number of ether oxygens (including phenoxy) is 2. The summed E-state index contributed by atoms with van der Waals surface area (Å²) in [5.41, 5.74) is 5.09. The van der Waals surface area contributed by atoms with Crippen LogP contribution in [0, 0.1) is 6.92 Å². The number of aryl methyl sites for hydroxylation is 1. The standard InChI is InChI=1S/C28H29NO4.C2H6/c1-3-31-27(30)16-23-11-7-8-12-26(23)32-19-22-13-20(2)28-24(14-22)15-25(33-28)18-29-17-21-9-5-4-6-10-21;1-2/h4-15,29H,3,16-19H2,1-2H3;1-2H3. The molecule has 0 saturated heterocycles. The minimum atomic E-state index is -0.252. The molecule has 0 fully saturated rings. The molecule has 0 spiro atoms. The van der Waals surface area contributed by atoms with Crippen LogP contribution in [0.3, 0.4) is 0 Å². The molecule has 1 heterocycles. The first-order valence-corrected chi connectivity index (χ1v) is 12.3. The monoisotopic (exact) mass is 473 g/mol. The molecule has 0 unspecified atom stereocenters. The van der Waals surface area contributed by atoms with Crippen LogP contribution in [-0.4, -0.2) is 12.6 Å². The van der Waals surface area contributed by atoms with Crippen LogP contribution >= 0.6 is 0 Å². The van der Waals surface area contributed by atoms with Crippen molar-refractivity contribution < 1.29 is 18.7 Å². The summed E-state index contributed by atoms with van der Waals surface area (Å²) in [6.07, 6.45) is 0.198. The molecule has 1 aromatic heterocycles. The molecule has 184 valence electrons. The van der Waals surface area contributed by atoms with E-state index in [4.69, 9.17) is 13.9 Å². The highest BCUT2D eigenvalue weighted by atomic mass is 16.5. The third-order valence-corrected chi connectivity index (χ3v) is 5.39. The normalized spacial score (nSPS) is 10.5. The molecule has 0 atom stereocenters. The fourth-order valence-corrected chi connectivity index (χ4v) is 3.87. The Balaban J connectivity index is 0.00000167. The zero-order valence-corrected chi connectivity index (χ0v) is 21.1. The Morgan fingerprint density at radius 3 is 2.43 bits per heavy atom. The Morgan fingerprint density at radius 1 is 0.914 bits per heavy atom. The molecule has 0 bridgehead atoms. The Hall–Kier alpha value is -3.57. The highest BCUT2D eigenvalue weighted by molar-refractivity contribution is 5.82. The van der Waals surface area contributed by atoms with E-state index in [1.54, 1.807) is 6.92 Å². The van der Waals surface area contributed by atoms with Crippen molar-refractivity contribution in [3.8, 4) is 5.75 Å². The van der Waals surface area contributed by atoms with E-state index in [9.17, 15) is 4.79 Å². The first kappa shape index (κ1) is 26.0. The van der Waals surface area contributed by atoms with Gasteiger partial charge in [-0.2, -0.15) is 0 Å². The van der Waals surface area contributed by atoms with E-state index in [1.807, 2.05) is 63.2 Å². The predicted molar refractivity (Wildman–Crippen MR) is 140 cm³/mol. The van der Waals surface area contributed by atoms with E-state index in [1.165, 1.54) is 5.56 Å². The Kier molecular flexibility index (Phi) is 9.93. The number of hydrogen-bond acceptors (Lipinski definition) is 5. The second-order valence-corrected chi connectivity index (χ2v) is 8.01. The van der Waals surface area contributed by atoms with E-state index >= 15 is 0 Å². The summed E-state index contributed by atoms with van der Waals surface area (Å²) in [6, 6.07) is 24.2. The Bertz CT molecular complexity index is 1210. The molecule has 5 heteroatoms. The average molecular weight is 474 g/mol. The number of carbonyl (C=O) groups excluding carboxylic acids is 1. The first-order chi connectivity index (χ1) is 17.1. The van der Waals surface area contributed by atoms with Crippen molar-refractivity contribution in [1.29, 1.82) is 0 Å². The van der Waals surface area contributed by atoms with Crippen LogP contribution in [0.1, 0.15) is 48.8 Å². The lowest BCUT2D eigenvalue weighted by molar-refractivity contribution is -0.142. The molecule has 0 aliphatic heterocycles. The number of furan rings is 1. The van der Waals surface area contributed by atoms with Gasteiger partial charge in [-0.1, -0.05) is 62.4 Å². The molecule has 0 radical (unpaired) electrons. The van der Waals surface area contributed by atoms with Gasteiger partial charge in [0.05, 0.1) is 19.6 Å². The van der Waals surface area contributed by atoms with Gasteiger partial charge < -0.3 is 19.2 Å². The van der Waals surface area contributed by atoms with Gasteiger partial charge in [0, 0.05) is 17.5 Å². The average Bonchev–Trinajstić information content (AvgIpc) is 3.29. The van der Waals surface area contributed by atoms with Gasteiger partial charge in [0.25, 0.3) is 0 Å². The fraction of sp³-hybridized carbons (Fsp3) is 0.300. The molecule has 4 aromatic rings. The summed E-state index contributed by atoms with van der Waals surface area (Å²) in [5.74, 6) is 1.35. The predicted octanol–water partition coefficient (Wildman–Crippen LogP) is 6.74. The lowest BCUT2D eigenvalue weighted by atomic mass is 10.1. The van der Waals surface area contributed by atoms with Gasteiger partial charge in [0.15, 0.2) is 0 Å². The van der Waals surface area contributed by atoms with Gasteiger partial charge in [-0.15, -0.1) is 0 Å². The molecule has 0 aliphatic rings. The second kappa shape index (κ2) is 13.4. The van der Waals surface area contributed by atoms with Crippen molar-refractivity contribution in [2.75, 3.05) is 6.61 Å². The minimum absolute atomic E-state index is 0.198. The van der Waals surface area contributed by atoms with Gasteiger partial charge >= 0.3 is 5.97 Å². The van der Waals surface area contributed by atoms with Crippen molar-refractivity contribution in [3.05, 3.63) is 101 Å². The lowest BCUT2D eigenvalue weighted by Gasteiger charge is -2.12. The molecule has 5 nitrogen and oxygen atoms in total. The first-order valence-electron chi connectivity index (χ1n) is 12.3. The number of hydrogen-bond donors (Lipinski definition) is 1. The van der Waals surface area contributed by atoms with E-state index in [-0.39, 0.29) is 12.4 Å². The zero-order valence-electron chi connectivity index (χ0n) is 21.1. The van der Waals surface area contributed by atoms with Gasteiger partial charge in [-0.3, -0.25) is 4.79 Å². The molecule has 0 aliphatic carbocycles. The second-order valence-electron chi connectivity index (χ2n) is 8.01. The van der Waals surface area contributed by atoms with Crippen LogP contribution in [0.5, 0.6) is 5.75 Å². The topological polar surface area (TPSA) is 60.7 Å². The number of para-hydroxylation sites is 1. The van der Waals surface area contributed by atoms with Crippen LogP contribution in [0.25, 0.3) is 11.0 Å². The van der Waals surface area contributed by atoms with Gasteiger partial charge in [-0.05, 0) is 54.8 Å². The maximum absolute atomic E-state index is 11.9. The van der Waals surface area contributed by atoms with Crippen molar-refractivity contribution in [1.82, 2.24) is 5.32 Å². The number of nitrogens with one attached hydrogen (secondary N) is 1. The number of carbonyl (C=O) groups is 1. The quantitative estimate of drug-likeness (QED) is 0.258. The summed E-state index contributed by atoms with van der Waals surface area (Å²) in [4.78, 5) is 11.9. The van der Waals surface area contributed by atoms with E-state index < -0.39 is 0 Å². The third kappa shape index (κ3) is 7.46.